The van der Waals surface area contributed by atoms with Crippen LogP contribution in [0.3, 0.4) is 0 Å². The number of carbonyl (C=O) groups excluding carboxylic acids is 1. The number of hydrogen-bond acceptors (Lipinski definition) is 4. The molecule has 1 aromatic heterocycles. The molecule has 0 aliphatic heterocycles. The van der Waals surface area contributed by atoms with Crippen LogP contribution in [0.5, 0.6) is 0 Å². The van der Waals surface area contributed by atoms with Crippen LogP contribution >= 0.6 is 39.7 Å². The standard InChI is InChI=1S/C20H22BrN3OS.ClH/c1-13-9-10-17-18(14(13)2)22-20(26-17)24(12-11-23(3)4)19(25)15-7-5-6-8-16(15)21;/h5-10H,11-12H2,1-4H3;1H. The van der Waals surface area contributed by atoms with Gasteiger partial charge in [0, 0.05) is 17.6 Å². The first-order chi connectivity index (χ1) is 12.4. The summed E-state index contributed by atoms with van der Waals surface area (Å²) in [5.74, 6) is -0.0345. The summed E-state index contributed by atoms with van der Waals surface area (Å²) in [4.78, 5) is 21.9. The Balaban J connectivity index is 0.00000261. The summed E-state index contributed by atoms with van der Waals surface area (Å²) < 4.78 is 1.91. The second-order valence-electron chi connectivity index (χ2n) is 6.59. The van der Waals surface area contributed by atoms with Crippen LogP contribution in [0.25, 0.3) is 10.2 Å². The van der Waals surface area contributed by atoms with Crippen molar-refractivity contribution >= 4 is 60.9 Å². The maximum Gasteiger partial charge on any atom is 0.261 e. The molecule has 0 fully saturated rings. The molecule has 0 radical (unpaired) electrons. The Morgan fingerprint density at radius 1 is 1.11 bits per heavy atom. The highest BCUT2D eigenvalue weighted by molar-refractivity contribution is 9.10. The maximum absolute atomic E-state index is 13.3. The van der Waals surface area contributed by atoms with E-state index in [4.69, 9.17) is 4.98 Å². The zero-order chi connectivity index (χ0) is 18.8. The molecule has 3 rings (SSSR count). The zero-order valence-corrected chi connectivity index (χ0v) is 19.0. The van der Waals surface area contributed by atoms with Gasteiger partial charge in [0.2, 0.25) is 0 Å². The molecule has 4 nitrogen and oxygen atoms in total. The molecule has 0 saturated carbocycles. The second-order valence-corrected chi connectivity index (χ2v) is 8.45. The first-order valence-electron chi connectivity index (χ1n) is 8.46. The average molecular weight is 469 g/mol. The molecule has 27 heavy (non-hydrogen) atoms. The van der Waals surface area contributed by atoms with Gasteiger partial charge in [0.15, 0.2) is 5.13 Å². The van der Waals surface area contributed by atoms with Crippen LogP contribution in [0.1, 0.15) is 21.5 Å². The fraction of sp³-hybridized carbons (Fsp3) is 0.300. The summed E-state index contributed by atoms with van der Waals surface area (Å²) in [5.41, 5.74) is 4.02. The topological polar surface area (TPSA) is 36.4 Å². The third-order valence-corrected chi connectivity index (χ3v) is 6.16. The largest absolute Gasteiger partial charge is 0.308 e. The van der Waals surface area contributed by atoms with E-state index < -0.39 is 0 Å². The SMILES string of the molecule is Cc1ccc2sc(N(CCN(C)C)C(=O)c3ccccc3Br)nc2c1C.Cl. The minimum atomic E-state index is -0.0345. The van der Waals surface area contributed by atoms with Crippen molar-refractivity contribution in [1.29, 1.82) is 0 Å². The monoisotopic (exact) mass is 467 g/mol. The second kappa shape index (κ2) is 9.15. The van der Waals surface area contributed by atoms with Gasteiger partial charge in [-0.05, 0) is 73.2 Å². The molecule has 0 N–H and O–H groups in total. The summed E-state index contributed by atoms with van der Waals surface area (Å²) in [6, 6.07) is 11.7. The van der Waals surface area contributed by atoms with E-state index in [1.807, 2.05) is 38.4 Å². The average Bonchev–Trinajstić information content (AvgIpc) is 3.03. The Morgan fingerprint density at radius 2 is 1.81 bits per heavy atom. The van der Waals surface area contributed by atoms with E-state index in [9.17, 15) is 4.79 Å². The van der Waals surface area contributed by atoms with Gasteiger partial charge in [-0.25, -0.2) is 4.98 Å². The van der Waals surface area contributed by atoms with Crippen LogP contribution in [0.4, 0.5) is 5.13 Å². The van der Waals surface area contributed by atoms with Crippen molar-refractivity contribution in [1.82, 2.24) is 9.88 Å². The molecule has 0 unspecified atom stereocenters. The van der Waals surface area contributed by atoms with Gasteiger partial charge in [-0.1, -0.05) is 29.5 Å². The predicted octanol–water partition coefficient (Wildman–Crippen LogP) is 5.31. The molecular weight excluding hydrogens is 446 g/mol. The number of hydrogen-bond donors (Lipinski definition) is 0. The van der Waals surface area contributed by atoms with Gasteiger partial charge in [0.05, 0.1) is 15.8 Å². The van der Waals surface area contributed by atoms with Crippen molar-refractivity contribution in [3.05, 3.63) is 57.6 Å². The predicted molar refractivity (Wildman–Crippen MR) is 121 cm³/mol. The maximum atomic E-state index is 13.3. The molecule has 0 aliphatic rings. The van der Waals surface area contributed by atoms with E-state index in [0.29, 0.717) is 12.1 Å². The fourth-order valence-corrected chi connectivity index (χ4v) is 4.20. The number of benzene rings is 2. The molecule has 2 aromatic carbocycles. The van der Waals surface area contributed by atoms with Crippen molar-refractivity contribution in [3.63, 3.8) is 0 Å². The molecule has 1 amide bonds. The molecule has 0 saturated heterocycles. The number of halogens is 2. The summed E-state index contributed by atoms with van der Waals surface area (Å²) in [6.45, 7) is 5.53. The molecular formula is C20H23BrClN3OS. The number of fused-ring (bicyclic) bond motifs is 1. The van der Waals surface area contributed by atoms with Crippen LogP contribution in [0.2, 0.25) is 0 Å². The van der Waals surface area contributed by atoms with E-state index in [2.05, 4.69) is 46.8 Å². The van der Waals surface area contributed by atoms with Crippen LogP contribution in [-0.4, -0.2) is 43.0 Å². The first-order valence-corrected chi connectivity index (χ1v) is 10.1. The van der Waals surface area contributed by atoms with Crippen molar-refractivity contribution in [2.75, 3.05) is 32.1 Å². The Morgan fingerprint density at radius 3 is 2.48 bits per heavy atom. The van der Waals surface area contributed by atoms with Gasteiger partial charge in [0.1, 0.15) is 0 Å². The van der Waals surface area contributed by atoms with E-state index in [-0.39, 0.29) is 18.3 Å². The third kappa shape index (κ3) is 4.69. The van der Waals surface area contributed by atoms with E-state index in [0.717, 1.165) is 26.4 Å². The molecule has 1 heterocycles. The highest BCUT2D eigenvalue weighted by atomic mass is 79.9. The molecule has 0 bridgehead atoms. The summed E-state index contributed by atoms with van der Waals surface area (Å²) in [6.07, 6.45) is 0. The number of nitrogens with zero attached hydrogens (tertiary/aromatic N) is 3. The van der Waals surface area contributed by atoms with Gasteiger partial charge >= 0.3 is 0 Å². The number of aryl methyl sites for hydroxylation is 2. The van der Waals surface area contributed by atoms with Crippen LogP contribution in [-0.2, 0) is 0 Å². The Kier molecular flexibility index (Phi) is 7.40. The van der Waals surface area contributed by atoms with Crippen LogP contribution < -0.4 is 4.90 Å². The molecule has 0 aliphatic carbocycles. The van der Waals surface area contributed by atoms with Crippen LogP contribution in [0, 0.1) is 13.8 Å². The third-order valence-electron chi connectivity index (χ3n) is 4.42. The molecule has 144 valence electrons. The minimum Gasteiger partial charge on any atom is -0.308 e. The number of anilines is 1. The highest BCUT2D eigenvalue weighted by Crippen LogP contribution is 2.33. The quantitative estimate of drug-likeness (QED) is 0.509. The molecule has 3 aromatic rings. The number of thiazole rings is 1. The lowest BCUT2D eigenvalue weighted by molar-refractivity contribution is 0.0984. The highest BCUT2D eigenvalue weighted by Gasteiger charge is 2.23. The van der Waals surface area contributed by atoms with Crippen molar-refractivity contribution < 1.29 is 4.79 Å². The fourth-order valence-electron chi connectivity index (χ4n) is 2.69. The van der Waals surface area contributed by atoms with Gasteiger partial charge in [-0.3, -0.25) is 9.69 Å². The smallest absolute Gasteiger partial charge is 0.261 e. The lowest BCUT2D eigenvalue weighted by atomic mass is 10.1. The Bertz CT molecular complexity index is 958. The first kappa shape index (κ1) is 21.8. The van der Waals surface area contributed by atoms with Gasteiger partial charge in [0.25, 0.3) is 5.91 Å². The van der Waals surface area contributed by atoms with Gasteiger partial charge in [-0.15, -0.1) is 12.4 Å². The number of amides is 1. The lowest BCUT2D eigenvalue weighted by Gasteiger charge is -2.22. The van der Waals surface area contributed by atoms with Crippen LogP contribution in [0.15, 0.2) is 40.9 Å². The summed E-state index contributed by atoms with van der Waals surface area (Å²) >= 11 is 5.07. The number of likely N-dealkylation sites (N-methyl/N-ethyl adjacent to an activating group) is 1. The van der Waals surface area contributed by atoms with E-state index in [1.165, 1.54) is 11.1 Å². The summed E-state index contributed by atoms with van der Waals surface area (Å²) in [5, 5.41) is 0.747. The van der Waals surface area contributed by atoms with Crippen molar-refractivity contribution in [2.45, 2.75) is 13.8 Å². The Labute approximate surface area is 178 Å². The normalized spacial score (nSPS) is 10.9. The van der Waals surface area contributed by atoms with Gasteiger partial charge in [-0.2, -0.15) is 0 Å². The molecule has 7 heteroatoms. The zero-order valence-electron chi connectivity index (χ0n) is 15.8. The summed E-state index contributed by atoms with van der Waals surface area (Å²) in [7, 11) is 4.01. The van der Waals surface area contributed by atoms with Crippen molar-refractivity contribution in [2.24, 2.45) is 0 Å². The van der Waals surface area contributed by atoms with E-state index in [1.54, 1.807) is 16.2 Å². The van der Waals surface area contributed by atoms with Crippen molar-refractivity contribution in [3.8, 4) is 0 Å². The minimum absolute atomic E-state index is 0. The Hall–Kier alpha value is -1.47. The van der Waals surface area contributed by atoms with Gasteiger partial charge < -0.3 is 4.90 Å². The number of carbonyl (C=O) groups is 1. The molecule has 0 atom stereocenters. The number of rotatable bonds is 5. The van der Waals surface area contributed by atoms with E-state index >= 15 is 0 Å². The molecule has 0 spiro atoms. The number of aromatic nitrogens is 1. The lowest BCUT2D eigenvalue weighted by Crippen LogP contribution is -2.36.